The van der Waals surface area contributed by atoms with E-state index in [0.717, 1.165) is 62.0 Å². The molecule has 0 aromatic carbocycles. The number of H-pyrrole nitrogens is 1. The van der Waals surface area contributed by atoms with Crippen molar-refractivity contribution in [2.75, 3.05) is 44.3 Å². The number of nitrogens with one attached hydrogen (secondary N) is 2. The summed E-state index contributed by atoms with van der Waals surface area (Å²) in [5.41, 5.74) is 3.13. The third-order valence-electron chi connectivity index (χ3n) is 5.83. The maximum Gasteiger partial charge on any atom is 0.130 e. The van der Waals surface area contributed by atoms with Gasteiger partial charge in [-0.3, -0.25) is 9.88 Å². The molecule has 0 bridgehead atoms. The van der Waals surface area contributed by atoms with Crippen LogP contribution in [-0.4, -0.2) is 76.0 Å². The number of anilines is 1. The molecule has 0 atom stereocenters. The molecule has 31 heavy (non-hydrogen) atoms. The highest BCUT2D eigenvalue weighted by atomic mass is 16.5. The molecule has 2 aliphatic rings. The Bertz CT molecular complexity index is 1050. The van der Waals surface area contributed by atoms with Crippen molar-refractivity contribution < 1.29 is 4.74 Å². The molecule has 5 heterocycles. The average molecular weight is 416 g/mol. The van der Waals surface area contributed by atoms with E-state index in [-0.39, 0.29) is 0 Å². The fourth-order valence-corrected chi connectivity index (χ4v) is 3.84. The Morgan fingerprint density at radius 1 is 1.03 bits per heavy atom. The standard InChI is InChI=1S/C23H25N7O/c24-20(17-5-7-25-8-6-17)2-3-22-26-14-21(28-22)18-1-4-23(27-13-18)30-11-9-29(10-12-30)19-15-31-16-19/h1-8,13-14,19,24H,9-12,15-16H2,(H,26,28)/b3-2-,24-20?. The van der Waals surface area contributed by atoms with Crippen molar-refractivity contribution >= 4 is 17.6 Å². The van der Waals surface area contributed by atoms with E-state index in [1.165, 1.54) is 0 Å². The summed E-state index contributed by atoms with van der Waals surface area (Å²) in [7, 11) is 0. The summed E-state index contributed by atoms with van der Waals surface area (Å²) in [6.45, 7) is 5.85. The number of pyridine rings is 2. The van der Waals surface area contributed by atoms with Crippen LogP contribution in [0, 0.1) is 5.41 Å². The van der Waals surface area contributed by atoms with Crippen LogP contribution < -0.4 is 4.90 Å². The Morgan fingerprint density at radius 3 is 2.52 bits per heavy atom. The number of rotatable bonds is 6. The summed E-state index contributed by atoms with van der Waals surface area (Å²) in [5.74, 6) is 1.72. The fraction of sp³-hybridized carbons (Fsp3) is 0.304. The van der Waals surface area contributed by atoms with Crippen LogP contribution in [0.25, 0.3) is 17.3 Å². The maximum atomic E-state index is 8.14. The molecule has 0 saturated carbocycles. The summed E-state index contributed by atoms with van der Waals surface area (Å²) in [5, 5.41) is 8.14. The minimum atomic E-state index is 0.413. The predicted octanol–water partition coefficient (Wildman–Crippen LogP) is 2.47. The quantitative estimate of drug-likeness (QED) is 0.601. The second kappa shape index (κ2) is 8.79. The van der Waals surface area contributed by atoms with Crippen LogP contribution in [0.1, 0.15) is 11.4 Å². The lowest BCUT2D eigenvalue weighted by atomic mass is 10.1. The number of allylic oxidation sites excluding steroid dienone is 1. The molecular formula is C23H25N7O. The zero-order valence-electron chi connectivity index (χ0n) is 17.2. The number of hydrogen-bond donors (Lipinski definition) is 2. The van der Waals surface area contributed by atoms with Gasteiger partial charge in [-0.2, -0.15) is 0 Å². The van der Waals surface area contributed by atoms with Crippen LogP contribution in [0.2, 0.25) is 0 Å². The van der Waals surface area contributed by atoms with E-state index in [0.29, 0.717) is 17.6 Å². The van der Waals surface area contributed by atoms with Gasteiger partial charge in [-0.05, 0) is 36.4 Å². The minimum Gasteiger partial charge on any atom is -0.378 e. The first-order valence-corrected chi connectivity index (χ1v) is 10.5. The smallest absolute Gasteiger partial charge is 0.130 e. The second-order valence-corrected chi connectivity index (χ2v) is 7.78. The molecule has 2 N–H and O–H groups in total. The van der Waals surface area contributed by atoms with Gasteiger partial charge in [0.1, 0.15) is 11.6 Å². The van der Waals surface area contributed by atoms with Crippen LogP contribution >= 0.6 is 0 Å². The molecule has 158 valence electrons. The van der Waals surface area contributed by atoms with E-state index < -0.39 is 0 Å². The highest BCUT2D eigenvalue weighted by Crippen LogP contribution is 2.22. The summed E-state index contributed by atoms with van der Waals surface area (Å²) < 4.78 is 5.31. The normalized spacial score (nSPS) is 17.7. The Labute approximate surface area is 181 Å². The van der Waals surface area contributed by atoms with Crippen LogP contribution in [0.3, 0.4) is 0 Å². The highest BCUT2D eigenvalue weighted by molar-refractivity contribution is 6.08. The van der Waals surface area contributed by atoms with Gasteiger partial charge < -0.3 is 20.0 Å². The number of ether oxygens (including phenoxy) is 1. The Hall–Kier alpha value is -3.36. The Morgan fingerprint density at radius 2 is 1.84 bits per heavy atom. The molecule has 2 aliphatic heterocycles. The van der Waals surface area contributed by atoms with Gasteiger partial charge in [0, 0.05) is 55.9 Å². The van der Waals surface area contributed by atoms with Crippen LogP contribution in [-0.2, 0) is 4.74 Å². The maximum absolute atomic E-state index is 8.14. The lowest BCUT2D eigenvalue weighted by Crippen LogP contribution is -2.56. The van der Waals surface area contributed by atoms with E-state index in [1.807, 2.05) is 18.3 Å². The Kier molecular flexibility index (Phi) is 5.56. The highest BCUT2D eigenvalue weighted by Gasteiger charge is 2.29. The van der Waals surface area contributed by atoms with Gasteiger partial charge >= 0.3 is 0 Å². The minimum absolute atomic E-state index is 0.413. The predicted molar refractivity (Wildman–Crippen MR) is 120 cm³/mol. The molecule has 8 nitrogen and oxygen atoms in total. The average Bonchev–Trinajstić information content (AvgIpc) is 3.27. The van der Waals surface area contributed by atoms with Crippen LogP contribution in [0.4, 0.5) is 5.82 Å². The molecule has 0 aliphatic carbocycles. The fourth-order valence-electron chi connectivity index (χ4n) is 3.84. The van der Waals surface area contributed by atoms with Gasteiger partial charge in [-0.1, -0.05) is 0 Å². The topological polar surface area (TPSA) is 94.0 Å². The van der Waals surface area contributed by atoms with Crippen molar-refractivity contribution in [1.29, 1.82) is 5.41 Å². The van der Waals surface area contributed by atoms with Crippen molar-refractivity contribution in [2.24, 2.45) is 0 Å². The van der Waals surface area contributed by atoms with Gasteiger partial charge in [0.05, 0.1) is 36.9 Å². The van der Waals surface area contributed by atoms with E-state index >= 15 is 0 Å². The molecule has 8 heteroatoms. The van der Waals surface area contributed by atoms with E-state index in [4.69, 9.17) is 10.1 Å². The van der Waals surface area contributed by atoms with E-state index in [9.17, 15) is 0 Å². The first kappa shape index (κ1) is 19.6. The Balaban J connectivity index is 1.20. The molecular weight excluding hydrogens is 390 g/mol. The van der Waals surface area contributed by atoms with Gasteiger partial charge in [0.2, 0.25) is 0 Å². The zero-order chi connectivity index (χ0) is 21.0. The van der Waals surface area contributed by atoms with Crippen molar-refractivity contribution in [3.63, 3.8) is 0 Å². The third-order valence-corrected chi connectivity index (χ3v) is 5.83. The summed E-state index contributed by atoms with van der Waals surface area (Å²) in [6.07, 6.45) is 10.6. The van der Waals surface area contributed by atoms with Crippen molar-refractivity contribution in [3.8, 4) is 11.3 Å². The second-order valence-electron chi connectivity index (χ2n) is 7.78. The monoisotopic (exact) mass is 415 g/mol. The lowest BCUT2D eigenvalue weighted by Gasteiger charge is -2.42. The number of aromatic amines is 1. The molecule has 2 saturated heterocycles. The van der Waals surface area contributed by atoms with Gasteiger partial charge in [-0.25, -0.2) is 9.97 Å². The van der Waals surface area contributed by atoms with Gasteiger partial charge in [-0.15, -0.1) is 0 Å². The molecule has 2 fully saturated rings. The van der Waals surface area contributed by atoms with Crippen LogP contribution in [0.5, 0.6) is 0 Å². The molecule has 5 rings (SSSR count). The number of imidazole rings is 1. The van der Waals surface area contributed by atoms with Crippen molar-refractivity contribution in [2.45, 2.75) is 6.04 Å². The number of aromatic nitrogens is 4. The largest absolute Gasteiger partial charge is 0.378 e. The number of piperazine rings is 1. The lowest BCUT2D eigenvalue weighted by molar-refractivity contribution is -0.0660. The molecule has 0 amide bonds. The van der Waals surface area contributed by atoms with Crippen LogP contribution in [0.15, 0.2) is 55.1 Å². The molecule has 0 unspecified atom stereocenters. The summed E-state index contributed by atoms with van der Waals surface area (Å²) >= 11 is 0. The van der Waals surface area contributed by atoms with Crippen molar-refractivity contribution in [1.82, 2.24) is 24.8 Å². The molecule has 0 radical (unpaired) electrons. The van der Waals surface area contributed by atoms with Gasteiger partial charge in [0.15, 0.2) is 0 Å². The molecule has 3 aromatic rings. The first-order chi connectivity index (χ1) is 15.3. The van der Waals surface area contributed by atoms with Crippen molar-refractivity contribution in [3.05, 3.63) is 66.5 Å². The number of hydrogen-bond acceptors (Lipinski definition) is 7. The summed E-state index contributed by atoms with van der Waals surface area (Å²) in [4.78, 5) is 21.2. The molecule has 0 spiro atoms. The number of nitrogens with zero attached hydrogens (tertiary/aromatic N) is 5. The third kappa shape index (κ3) is 4.40. The first-order valence-electron chi connectivity index (χ1n) is 10.5. The van der Waals surface area contributed by atoms with Gasteiger partial charge in [0.25, 0.3) is 0 Å². The summed E-state index contributed by atoms with van der Waals surface area (Å²) in [6, 6.07) is 8.39. The van der Waals surface area contributed by atoms with E-state index in [1.54, 1.807) is 30.7 Å². The SMILES string of the molecule is N=C(/C=C\c1ncc(-c2ccc(N3CCN(C4COC4)CC3)nc2)[nH]1)c1ccncc1. The van der Waals surface area contributed by atoms with E-state index in [2.05, 4.69) is 41.9 Å². The molecule has 3 aromatic heterocycles. The zero-order valence-corrected chi connectivity index (χ0v) is 17.2.